The van der Waals surface area contributed by atoms with Crippen LogP contribution in [0.15, 0.2) is 36.8 Å². The number of methoxy groups -OCH3 is 2. The normalized spacial score (nSPS) is 10.7. The number of hydrogen-bond acceptors (Lipinski definition) is 5. The number of aryl methyl sites for hydroxylation is 1. The zero-order chi connectivity index (χ0) is 16.2. The van der Waals surface area contributed by atoms with Crippen LogP contribution in [-0.4, -0.2) is 35.3 Å². The summed E-state index contributed by atoms with van der Waals surface area (Å²) in [5.41, 5.74) is 2.10. The maximum atomic E-state index is 5.33. The number of nitrogens with one attached hydrogen (secondary N) is 1. The van der Waals surface area contributed by atoms with E-state index in [9.17, 15) is 0 Å². The summed E-state index contributed by atoms with van der Waals surface area (Å²) >= 11 is 0. The molecular formula is C17H20N4O2. The summed E-state index contributed by atoms with van der Waals surface area (Å²) in [6.45, 7) is 0.774. The van der Waals surface area contributed by atoms with Crippen molar-refractivity contribution in [2.45, 2.75) is 6.42 Å². The summed E-state index contributed by atoms with van der Waals surface area (Å²) in [7, 11) is 5.26. The van der Waals surface area contributed by atoms with Crippen LogP contribution in [0.2, 0.25) is 0 Å². The van der Waals surface area contributed by atoms with Crippen LogP contribution in [0.5, 0.6) is 11.5 Å². The second-order valence-electron chi connectivity index (χ2n) is 5.25. The number of hydrogen-bond donors (Lipinski definition) is 1. The van der Waals surface area contributed by atoms with Gasteiger partial charge in [0.15, 0.2) is 11.5 Å². The van der Waals surface area contributed by atoms with Gasteiger partial charge in [-0.15, -0.1) is 0 Å². The van der Waals surface area contributed by atoms with Crippen molar-refractivity contribution in [3.8, 4) is 11.5 Å². The van der Waals surface area contributed by atoms with E-state index in [2.05, 4.69) is 15.3 Å². The zero-order valence-corrected chi connectivity index (χ0v) is 13.5. The van der Waals surface area contributed by atoms with E-state index < -0.39 is 0 Å². The molecule has 0 amide bonds. The van der Waals surface area contributed by atoms with E-state index in [1.54, 1.807) is 20.5 Å². The topological polar surface area (TPSA) is 61.2 Å². The Balaban J connectivity index is 1.69. The van der Waals surface area contributed by atoms with Gasteiger partial charge in [0, 0.05) is 19.8 Å². The van der Waals surface area contributed by atoms with E-state index in [-0.39, 0.29) is 0 Å². The monoisotopic (exact) mass is 312 g/mol. The lowest BCUT2D eigenvalue weighted by molar-refractivity contribution is 0.354. The minimum Gasteiger partial charge on any atom is -0.493 e. The van der Waals surface area contributed by atoms with Crippen molar-refractivity contribution in [1.82, 2.24) is 14.5 Å². The van der Waals surface area contributed by atoms with Crippen LogP contribution in [0.1, 0.15) is 5.56 Å². The van der Waals surface area contributed by atoms with Gasteiger partial charge in [-0.1, -0.05) is 6.07 Å². The number of aromatic nitrogens is 3. The predicted octanol–water partition coefficient (Wildman–Crippen LogP) is 2.64. The number of ether oxygens (including phenoxy) is 2. The third-order valence-corrected chi connectivity index (χ3v) is 3.82. The molecule has 6 nitrogen and oxygen atoms in total. The summed E-state index contributed by atoms with van der Waals surface area (Å²) in [6, 6.07) is 7.99. The zero-order valence-electron chi connectivity index (χ0n) is 13.5. The molecule has 0 aliphatic carbocycles. The molecule has 1 aromatic carbocycles. The summed E-state index contributed by atoms with van der Waals surface area (Å²) in [5, 5.41) is 4.41. The number of benzene rings is 1. The van der Waals surface area contributed by atoms with Gasteiger partial charge >= 0.3 is 0 Å². The van der Waals surface area contributed by atoms with Gasteiger partial charge in [-0.2, -0.15) is 0 Å². The maximum absolute atomic E-state index is 5.33. The van der Waals surface area contributed by atoms with Crippen LogP contribution >= 0.6 is 0 Å². The van der Waals surface area contributed by atoms with Crippen LogP contribution in [0.4, 0.5) is 5.82 Å². The van der Waals surface area contributed by atoms with E-state index in [0.29, 0.717) is 0 Å². The van der Waals surface area contributed by atoms with Crippen LogP contribution in [0.25, 0.3) is 11.0 Å². The van der Waals surface area contributed by atoms with E-state index in [1.807, 2.05) is 42.1 Å². The Morgan fingerprint density at radius 3 is 2.70 bits per heavy atom. The Labute approximate surface area is 135 Å². The lowest BCUT2D eigenvalue weighted by Gasteiger charge is -2.10. The van der Waals surface area contributed by atoms with Gasteiger partial charge in [0.25, 0.3) is 0 Å². The average Bonchev–Trinajstić information content (AvgIpc) is 2.97. The summed E-state index contributed by atoms with van der Waals surface area (Å²) in [4.78, 5) is 8.62. The number of rotatable bonds is 6. The van der Waals surface area contributed by atoms with Crippen LogP contribution in [0.3, 0.4) is 0 Å². The van der Waals surface area contributed by atoms with Gasteiger partial charge in [0.2, 0.25) is 0 Å². The van der Waals surface area contributed by atoms with E-state index in [4.69, 9.17) is 9.47 Å². The van der Waals surface area contributed by atoms with E-state index in [1.165, 1.54) is 5.56 Å². The van der Waals surface area contributed by atoms with Gasteiger partial charge in [-0.3, -0.25) is 0 Å². The second kappa shape index (κ2) is 6.56. The fourth-order valence-electron chi connectivity index (χ4n) is 2.58. The Morgan fingerprint density at radius 1 is 1.09 bits per heavy atom. The predicted molar refractivity (Wildman–Crippen MR) is 90.2 cm³/mol. The molecule has 2 heterocycles. The molecule has 3 aromatic rings. The van der Waals surface area contributed by atoms with Crippen molar-refractivity contribution in [1.29, 1.82) is 0 Å². The Hall–Kier alpha value is -2.76. The van der Waals surface area contributed by atoms with Crippen molar-refractivity contribution in [2.75, 3.05) is 26.1 Å². The molecule has 0 atom stereocenters. The molecule has 0 aliphatic rings. The molecule has 3 rings (SSSR count). The highest BCUT2D eigenvalue weighted by Crippen LogP contribution is 2.27. The van der Waals surface area contributed by atoms with Gasteiger partial charge < -0.3 is 19.4 Å². The lowest BCUT2D eigenvalue weighted by Crippen LogP contribution is -2.07. The smallest absolute Gasteiger partial charge is 0.160 e. The molecule has 0 saturated carbocycles. The first-order chi connectivity index (χ1) is 11.2. The van der Waals surface area contributed by atoms with Crippen LogP contribution < -0.4 is 14.8 Å². The van der Waals surface area contributed by atoms with Crippen LogP contribution in [0, 0.1) is 0 Å². The molecule has 0 unspecified atom stereocenters. The van der Waals surface area contributed by atoms with Crippen LogP contribution in [-0.2, 0) is 13.5 Å². The third kappa shape index (κ3) is 3.06. The Kier molecular flexibility index (Phi) is 4.32. The first-order valence-electron chi connectivity index (χ1n) is 7.43. The molecule has 0 fully saturated rings. The highest BCUT2D eigenvalue weighted by Gasteiger charge is 2.07. The highest BCUT2D eigenvalue weighted by molar-refractivity contribution is 5.87. The standard InChI is InChI=1S/C17H20N4O2/c1-21-9-7-13-16(19-11-20-17(13)21)18-8-6-12-4-5-14(22-2)15(10-12)23-3/h4-5,7,9-11H,6,8H2,1-3H3,(H,18,19,20). The molecule has 2 aromatic heterocycles. The van der Waals surface area contributed by atoms with Crippen molar-refractivity contribution in [3.05, 3.63) is 42.4 Å². The quantitative estimate of drug-likeness (QED) is 0.758. The van der Waals surface area contributed by atoms with Crippen molar-refractivity contribution >= 4 is 16.9 Å². The van der Waals surface area contributed by atoms with Gasteiger partial charge in [-0.25, -0.2) is 9.97 Å². The lowest BCUT2D eigenvalue weighted by atomic mass is 10.1. The highest BCUT2D eigenvalue weighted by atomic mass is 16.5. The van der Waals surface area contributed by atoms with Crippen molar-refractivity contribution in [2.24, 2.45) is 7.05 Å². The molecule has 0 radical (unpaired) electrons. The van der Waals surface area contributed by atoms with Gasteiger partial charge in [0.1, 0.15) is 17.8 Å². The SMILES string of the molecule is COc1ccc(CCNc2ncnc3c2ccn3C)cc1OC. The Morgan fingerprint density at radius 2 is 1.91 bits per heavy atom. The average molecular weight is 312 g/mol. The third-order valence-electron chi connectivity index (χ3n) is 3.82. The largest absolute Gasteiger partial charge is 0.493 e. The molecule has 1 N–H and O–H groups in total. The molecular weight excluding hydrogens is 292 g/mol. The van der Waals surface area contributed by atoms with Gasteiger partial charge in [0.05, 0.1) is 19.6 Å². The number of fused-ring (bicyclic) bond motifs is 1. The molecule has 0 saturated heterocycles. The van der Waals surface area contributed by atoms with Gasteiger partial charge in [-0.05, 0) is 30.2 Å². The van der Waals surface area contributed by atoms with Crippen molar-refractivity contribution in [3.63, 3.8) is 0 Å². The second-order valence-corrected chi connectivity index (χ2v) is 5.25. The molecule has 23 heavy (non-hydrogen) atoms. The summed E-state index contributed by atoms with van der Waals surface area (Å²) in [5.74, 6) is 2.35. The first kappa shape index (κ1) is 15.1. The van der Waals surface area contributed by atoms with E-state index in [0.717, 1.165) is 41.3 Å². The molecule has 6 heteroatoms. The number of nitrogens with zero attached hydrogens (tertiary/aromatic N) is 3. The molecule has 0 spiro atoms. The molecule has 120 valence electrons. The minimum absolute atomic E-state index is 0.742. The summed E-state index contributed by atoms with van der Waals surface area (Å²) in [6.07, 6.45) is 4.43. The molecule has 0 bridgehead atoms. The first-order valence-corrected chi connectivity index (χ1v) is 7.43. The summed E-state index contributed by atoms with van der Waals surface area (Å²) < 4.78 is 12.6. The Bertz CT molecular complexity index is 813. The minimum atomic E-state index is 0.742. The fourth-order valence-corrected chi connectivity index (χ4v) is 2.58. The number of anilines is 1. The van der Waals surface area contributed by atoms with E-state index >= 15 is 0 Å². The maximum Gasteiger partial charge on any atom is 0.160 e. The van der Waals surface area contributed by atoms with Crippen molar-refractivity contribution < 1.29 is 9.47 Å². The fraction of sp³-hybridized carbons (Fsp3) is 0.294. The molecule has 0 aliphatic heterocycles.